The highest BCUT2D eigenvalue weighted by Gasteiger charge is 2.27. The average molecular weight is 635 g/mol. The summed E-state index contributed by atoms with van der Waals surface area (Å²) in [4.78, 5) is 24.6. The third kappa shape index (κ3) is 6.79. The molecule has 45 heavy (non-hydrogen) atoms. The van der Waals surface area contributed by atoms with Gasteiger partial charge in [-0.3, -0.25) is 4.79 Å². The van der Waals surface area contributed by atoms with Crippen LogP contribution in [0.1, 0.15) is 53.9 Å². The third-order valence-electron chi connectivity index (χ3n) is 7.52. The van der Waals surface area contributed by atoms with E-state index in [0.29, 0.717) is 35.6 Å². The Morgan fingerprint density at radius 3 is 2.40 bits per heavy atom. The van der Waals surface area contributed by atoms with Crippen LogP contribution in [0.25, 0.3) is 5.69 Å². The number of aromatic nitrogens is 2. The van der Waals surface area contributed by atoms with Crippen molar-refractivity contribution >= 4 is 27.6 Å². The largest absolute Gasteiger partial charge is 0.476 e. The average Bonchev–Trinajstić information content (AvgIpc) is 3.62. The van der Waals surface area contributed by atoms with Crippen molar-refractivity contribution < 1.29 is 37.3 Å². The van der Waals surface area contributed by atoms with E-state index in [9.17, 15) is 23.1 Å². The van der Waals surface area contributed by atoms with Gasteiger partial charge < -0.3 is 24.6 Å². The summed E-state index contributed by atoms with van der Waals surface area (Å²) >= 11 is 0. The predicted molar refractivity (Wildman–Crippen MR) is 166 cm³/mol. The summed E-state index contributed by atoms with van der Waals surface area (Å²) in [6, 6.07) is 16.6. The van der Waals surface area contributed by atoms with Gasteiger partial charge in [-0.05, 0) is 74.7 Å². The van der Waals surface area contributed by atoms with Gasteiger partial charge in [-0.25, -0.2) is 17.9 Å². The Morgan fingerprint density at radius 1 is 1.00 bits per heavy atom. The molecular formula is C32H34N4O8S. The molecule has 0 saturated heterocycles. The van der Waals surface area contributed by atoms with E-state index in [1.54, 1.807) is 30.3 Å². The lowest BCUT2D eigenvalue weighted by Crippen LogP contribution is -2.25. The molecule has 1 aliphatic heterocycles. The van der Waals surface area contributed by atoms with Gasteiger partial charge >= 0.3 is 5.97 Å². The van der Waals surface area contributed by atoms with Crippen LogP contribution in [0.15, 0.2) is 65.6 Å². The van der Waals surface area contributed by atoms with Gasteiger partial charge in [0.1, 0.15) is 10.6 Å². The van der Waals surface area contributed by atoms with Crippen molar-refractivity contribution in [2.24, 2.45) is 5.92 Å². The number of aryl methyl sites for hydroxylation is 1. The molecule has 0 spiro atoms. The number of hydrogen-bond acceptors (Lipinski definition) is 8. The number of carbonyl (C=O) groups is 2. The number of sulfonamides is 1. The second-order valence-electron chi connectivity index (χ2n) is 10.6. The Morgan fingerprint density at radius 2 is 1.71 bits per heavy atom. The quantitative estimate of drug-likeness (QED) is 0.181. The van der Waals surface area contributed by atoms with Crippen molar-refractivity contribution in [1.82, 2.24) is 14.5 Å². The van der Waals surface area contributed by atoms with Crippen molar-refractivity contribution in [2.75, 3.05) is 12.1 Å². The van der Waals surface area contributed by atoms with E-state index in [1.165, 1.54) is 29.8 Å². The first-order chi connectivity index (χ1) is 21.5. The monoisotopic (exact) mass is 634 g/mol. The molecule has 0 fully saturated rings. The van der Waals surface area contributed by atoms with Crippen LogP contribution in [0.4, 0.5) is 5.69 Å². The SMILES string of the molecule is CCC(CC)C(=O)Nc1ccc(Oc2c(C)c(C(=O)O)nn2-c2ccc(C)cc2)c(S(=O)(=O)NCc2ccc3c(c2)OCO3)c1. The number of nitrogens with one attached hydrogen (secondary N) is 2. The third-order valence-corrected chi connectivity index (χ3v) is 8.94. The molecule has 2 heterocycles. The summed E-state index contributed by atoms with van der Waals surface area (Å²) in [6.07, 6.45) is 1.25. The lowest BCUT2D eigenvalue weighted by atomic mass is 10.0. The Balaban J connectivity index is 1.54. The van der Waals surface area contributed by atoms with E-state index < -0.39 is 16.0 Å². The summed E-state index contributed by atoms with van der Waals surface area (Å²) < 4.78 is 48.6. The molecule has 1 amide bonds. The van der Waals surface area contributed by atoms with E-state index in [4.69, 9.17) is 14.2 Å². The number of fused-ring (bicyclic) bond motifs is 1. The van der Waals surface area contributed by atoms with Gasteiger partial charge in [0.15, 0.2) is 17.2 Å². The van der Waals surface area contributed by atoms with Crippen LogP contribution in [-0.2, 0) is 21.4 Å². The normalized spacial score (nSPS) is 12.4. The Labute approximate surface area is 261 Å². The van der Waals surface area contributed by atoms with Crippen LogP contribution in [0.5, 0.6) is 23.1 Å². The van der Waals surface area contributed by atoms with Gasteiger partial charge in [-0.1, -0.05) is 37.6 Å². The van der Waals surface area contributed by atoms with Crippen LogP contribution >= 0.6 is 0 Å². The summed E-state index contributed by atoms with van der Waals surface area (Å²) in [5.74, 6) is -0.730. The van der Waals surface area contributed by atoms with Gasteiger partial charge in [0.25, 0.3) is 0 Å². The second kappa shape index (κ2) is 13.0. The van der Waals surface area contributed by atoms with E-state index in [2.05, 4.69) is 15.1 Å². The van der Waals surface area contributed by atoms with Crippen molar-refractivity contribution in [3.8, 4) is 28.8 Å². The minimum Gasteiger partial charge on any atom is -0.476 e. The number of carboxylic acid groups (broad SMARTS) is 1. The molecule has 0 bridgehead atoms. The minimum atomic E-state index is -4.26. The Bertz CT molecular complexity index is 1850. The Kier molecular flexibility index (Phi) is 9.11. The number of ether oxygens (including phenoxy) is 3. The number of rotatable bonds is 12. The van der Waals surface area contributed by atoms with Gasteiger partial charge in [0, 0.05) is 23.7 Å². The number of anilines is 1. The number of nitrogens with zero attached hydrogens (tertiary/aromatic N) is 2. The van der Waals surface area contributed by atoms with Crippen LogP contribution in [0.3, 0.4) is 0 Å². The zero-order chi connectivity index (χ0) is 32.3. The molecule has 3 aromatic carbocycles. The maximum Gasteiger partial charge on any atom is 0.356 e. The van der Waals surface area contributed by atoms with Crippen molar-refractivity contribution in [1.29, 1.82) is 0 Å². The van der Waals surface area contributed by atoms with Gasteiger partial charge in [0.2, 0.25) is 28.6 Å². The molecule has 0 saturated carbocycles. The zero-order valence-corrected chi connectivity index (χ0v) is 26.1. The minimum absolute atomic E-state index is 0.0253. The molecule has 0 atom stereocenters. The number of benzene rings is 3. The van der Waals surface area contributed by atoms with Crippen LogP contribution in [0, 0.1) is 19.8 Å². The number of aromatic carboxylic acids is 1. The fraction of sp³-hybridized carbons (Fsp3) is 0.281. The first-order valence-electron chi connectivity index (χ1n) is 14.4. The molecule has 1 aliphatic rings. The number of hydrogen-bond donors (Lipinski definition) is 3. The van der Waals surface area contributed by atoms with Crippen molar-refractivity contribution in [3.63, 3.8) is 0 Å². The van der Waals surface area contributed by atoms with Crippen molar-refractivity contribution in [2.45, 2.75) is 52.0 Å². The fourth-order valence-electron chi connectivity index (χ4n) is 4.86. The number of amides is 1. The smallest absolute Gasteiger partial charge is 0.356 e. The molecule has 0 radical (unpaired) electrons. The molecule has 0 aliphatic carbocycles. The summed E-state index contributed by atoms with van der Waals surface area (Å²) in [6.45, 7) is 7.27. The van der Waals surface area contributed by atoms with E-state index in [1.807, 2.05) is 32.9 Å². The van der Waals surface area contributed by atoms with Gasteiger partial charge in [0.05, 0.1) is 5.69 Å². The maximum absolute atomic E-state index is 13.8. The number of carboxylic acids is 1. The summed E-state index contributed by atoms with van der Waals surface area (Å²) in [5.41, 5.74) is 2.35. The molecule has 1 aromatic heterocycles. The highest BCUT2D eigenvalue weighted by Crippen LogP contribution is 2.36. The first kappa shape index (κ1) is 31.5. The van der Waals surface area contributed by atoms with E-state index >= 15 is 0 Å². The highest BCUT2D eigenvalue weighted by atomic mass is 32.2. The molecule has 5 rings (SSSR count). The van der Waals surface area contributed by atoms with Crippen molar-refractivity contribution in [3.05, 3.63) is 83.0 Å². The second-order valence-corrected chi connectivity index (χ2v) is 12.3. The van der Waals surface area contributed by atoms with E-state index in [-0.39, 0.29) is 58.6 Å². The van der Waals surface area contributed by atoms with Crippen LogP contribution < -0.4 is 24.2 Å². The van der Waals surface area contributed by atoms with E-state index in [0.717, 1.165) is 5.56 Å². The molecule has 4 aromatic rings. The van der Waals surface area contributed by atoms with Crippen LogP contribution in [0.2, 0.25) is 0 Å². The lowest BCUT2D eigenvalue weighted by molar-refractivity contribution is -0.120. The van der Waals surface area contributed by atoms with Crippen LogP contribution in [-0.4, -0.2) is 42.0 Å². The maximum atomic E-state index is 13.8. The predicted octanol–water partition coefficient (Wildman–Crippen LogP) is 5.56. The standard InChI is InChI=1S/C32H34N4O8S/c1-5-22(6-2)30(37)34-23-10-14-26(28(16-23)45(40,41)33-17-21-9-13-25-27(15-21)43-18-42-25)44-31-20(4)29(32(38)39)35-36(31)24-11-7-19(3)8-12-24/h7-16,22,33H,5-6,17-18H2,1-4H3,(H,34,37)(H,38,39). The molecule has 236 valence electrons. The molecular weight excluding hydrogens is 600 g/mol. The highest BCUT2D eigenvalue weighted by molar-refractivity contribution is 7.89. The fourth-order valence-corrected chi connectivity index (χ4v) is 6.03. The molecule has 0 unspecified atom stereocenters. The molecule has 13 heteroatoms. The lowest BCUT2D eigenvalue weighted by Gasteiger charge is -2.17. The Hall–Kier alpha value is -4.88. The summed E-state index contributed by atoms with van der Waals surface area (Å²) in [7, 11) is -4.26. The molecule has 12 nitrogen and oxygen atoms in total. The van der Waals surface area contributed by atoms with Gasteiger partial charge in [-0.15, -0.1) is 0 Å². The topological polar surface area (TPSA) is 158 Å². The molecule has 3 N–H and O–H groups in total. The summed E-state index contributed by atoms with van der Waals surface area (Å²) in [5, 5.41) is 16.8. The number of carbonyl (C=O) groups excluding carboxylic acids is 1. The first-order valence-corrected chi connectivity index (χ1v) is 15.9. The zero-order valence-electron chi connectivity index (χ0n) is 25.3. The van der Waals surface area contributed by atoms with Gasteiger partial charge in [-0.2, -0.15) is 9.78 Å².